The summed E-state index contributed by atoms with van der Waals surface area (Å²) in [6, 6.07) is 1.81. The Balaban J connectivity index is 1.73. The molecule has 0 aliphatic carbocycles. The summed E-state index contributed by atoms with van der Waals surface area (Å²) in [4.78, 5) is 17.8. The first-order chi connectivity index (χ1) is 8.74. The molecule has 4 nitrogen and oxygen atoms in total. The van der Waals surface area contributed by atoms with Crippen molar-refractivity contribution in [1.29, 1.82) is 0 Å². The third kappa shape index (κ3) is 2.10. The van der Waals surface area contributed by atoms with Gasteiger partial charge in [0.05, 0.1) is 11.8 Å². The minimum atomic E-state index is -0.460. The molecule has 2 aliphatic rings. The summed E-state index contributed by atoms with van der Waals surface area (Å²) in [6.45, 7) is 2.55. The van der Waals surface area contributed by atoms with Crippen molar-refractivity contribution in [3.8, 4) is 0 Å². The molecule has 0 saturated carbocycles. The van der Waals surface area contributed by atoms with Crippen LogP contribution in [0.4, 0.5) is 4.39 Å². The van der Waals surface area contributed by atoms with Gasteiger partial charge in [-0.1, -0.05) is 0 Å². The van der Waals surface area contributed by atoms with Crippen LogP contribution in [0, 0.1) is 11.7 Å². The van der Waals surface area contributed by atoms with Crippen molar-refractivity contribution >= 4 is 5.91 Å². The Morgan fingerprint density at radius 1 is 1.44 bits per heavy atom. The Labute approximate surface area is 105 Å². The summed E-state index contributed by atoms with van der Waals surface area (Å²) in [6.07, 6.45) is 4.66. The highest BCUT2D eigenvalue weighted by molar-refractivity contribution is 5.94. The van der Waals surface area contributed by atoms with E-state index in [0.717, 1.165) is 38.7 Å². The molecule has 3 rings (SSSR count). The zero-order valence-corrected chi connectivity index (χ0v) is 10.1. The predicted molar refractivity (Wildman–Crippen MR) is 64.6 cm³/mol. The molecule has 5 heteroatoms. The minimum Gasteiger partial charge on any atom is -0.338 e. The van der Waals surface area contributed by atoms with Gasteiger partial charge in [-0.25, -0.2) is 4.39 Å². The Morgan fingerprint density at radius 2 is 2.33 bits per heavy atom. The van der Waals surface area contributed by atoms with Crippen LogP contribution in [0.15, 0.2) is 18.5 Å². The molecule has 0 bridgehead atoms. The van der Waals surface area contributed by atoms with Gasteiger partial charge in [-0.05, 0) is 31.4 Å². The number of piperidine rings is 1. The van der Waals surface area contributed by atoms with Gasteiger partial charge in [-0.15, -0.1) is 0 Å². The number of halogens is 1. The lowest BCUT2D eigenvalue weighted by molar-refractivity contribution is 0.0661. The number of nitrogens with zero attached hydrogens (tertiary/aromatic N) is 2. The first-order valence-corrected chi connectivity index (χ1v) is 6.37. The topological polar surface area (TPSA) is 45.2 Å². The number of amides is 1. The minimum absolute atomic E-state index is 0.104. The Hall–Kier alpha value is -1.49. The monoisotopic (exact) mass is 249 g/mol. The van der Waals surface area contributed by atoms with E-state index in [-0.39, 0.29) is 5.91 Å². The third-order valence-corrected chi connectivity index (χ3v) is 3.89. The Bertz CT molecular complexity index is 465. The van der Waals surface area contributed by atoms with Gasteiger partial charge in [0.25, 0.3) is 5.91 Å². The normalized spacial score (nSPS) is 27.1. The smallest absolute Gasteiger partial charge is 0.255 e. The van der Waals surface area contributed by atoms with Crippen LogP contribution in [0.5, 0.6) is 0 Å². The first-order valence-electron chi connectivity index (χ1n) is 6.37. The number of likely N-dealkylation sites (tertiary alicyclic amines) is 1. The molecule has 96 valence electrons. The summed E-state index contributed by atoms with van der Waals surface area (Å²) in [5.41, 5.74) is 0.347. The number of fused-ring (bicyclic) bond motifs is 1. The van der Waals surface area contributed by atoms with Crippen molar-refractivity contribution in [1.82, 2.24) is 15.2 Å². The highest BCUT2D eigenvalue weighted by Gasteiger charge is 2.34. The highest BCUT2D eigenvalue weighted by atomic mass is 19.1. The lowest BCUT2D eigenvalue weighted by Gasteiger charge is -2.34. The fraction of sp³-hybridized carbons (Fsp3) is 0.538. The van der Waals surface area contributed by atoms with E-state index in [1.54, 1.807) is 0 Å². The summed E-state index contributed by atoms with van der Waals surface area (Å²) < 4.78 is 13.1. The molecule has 1 N–H and O–H groups in total. The average molecular weight is 249 g/mol. The fourth-order valence-corrected chi connectivity index (χ4v) is 2.94. The highest BCUT2D eigenvalue weighted by Crippen LogP contribution is 2.25. The van der Waals surface area contributed by atoms with E-state index in [1.807, 2.05) is 4.90 Å². The zero-order chi connectivity index (χ0) is 12.5. The van der Waals surface area contributed by atoms with Crippen LogP contribution in [-0.2, 0) is 0 Å². The fourth-order valence-electron chi connectivity index (χ4n) is 2.94. The maximum atomic E-state index is 13.1. The molecule has 2 fully saturated rings. The van der Waals surface area contributed by atoms with Gasteiger partial charge in [0, 0.05) is 25.3 Å². The van der Waals surface area contributed by atoms with Crippen LogP contribution in [0.3, 0.4) is 0 Å². The van der Waals surface area contributed by atoms with E-state index < -0.39 is 5.82 Å². The van der Waals surface area contributed by atoms with Gasteiger partial charge in [0.15, 0.2) is 0 Å². The first kappa shape index (κ1) is 11.6. The van der Waals surface area contributed by atoms with Crippen molar-refractivity contribution in [2.24, 2.45) is 5.92 Å². The standard InChI is InChI=1S/C13H16FN3O/c14-11-5-10(6-15-7-11)13(18)17-4-2-12-9(8-17)1-3-16-12/h5-7,9,12,16H,1-4,8H2. The van der Waals surface area contributed by atoms with E-state index in [4.69, 9.17) is 0 Å². The quantitative estimate of drug-likeness (QED) is 0.809. The van der Waals surface area contributed by atoms with Gasteiger partial charge < -0.3 is 10.2 Å². The zero-order valence-electron chi connectivity index (χ0n) is 10.1. The van der Waals surface area contributed by atoms with E-state index in [9.17, 15) is 9.18 Å². The second-order valence-corrected chi connectivity index (χ2v) is 5.04. The van der Waals surface area contributed by atoms with Gasteiger partial charge in [0.2, 0.25) is 0 Å². The Kier molecular flexibility index (Phi) is 2.99. The number of hydrogen-bond donors (Lipinski definition) is 1. The summed E-state index contributed by atoms with van der Waals surface area (Å²) in [5, 5.41) is 3.46. The molecule has 2 aliphatic heterocycles. The molecule has 0 aromatic carbocycles. The number of pyridine rings is 1. The molecule has 3 heterocycles. The molecule has 2 unspecified atom stereocenters. The largest absolute Gasteiger partial charge is 0.338 e. The lowest BCUT2D eigenvalue weighted by atomic mass is 9.93. The summed E-state index contributed by atoms with van der Waals surface area (Å²) >= 11 is 0. The number of carbonyl (C=O) groups is 1. The predicted octanol–water partition coefficient (Wildman–Crippen LogP) is 1.04. The molecular weight excluding hydrogens is 233 g/mol. The van der Waals surface area contributed by atoms with E-state index in [1.165, 1.54) is 12.3 Å². The van der Waals surface area contributed by atoms with Gasteiger partial charge in [-0.3, -0.25) is 9.78 Å². The molecular formula is C13H16FN3O. The maximum Gasteiger partial charge on any atom is 0.255 e. The van der Waals surface area contributed by atoms with Crippen LogP contribution in [0.2, 0.25) is 0 Å². The van der Waals surface area contributed by atoms with Crippen LogP contribution >= 0.6 is 0 Å². The number of nitrogens with one attached hydrogen (secondary N) is 1. The number of aromatic nitrogens is 1. The van der Waals surface area contributed by atoms with Crippen LogP contribution in [0.25, 0.3) is 0 Å². The number of rotatable bonds is 1. The van der Waals surface area contributed by atoms with Gasteiger partial charge >= 0.3 is 0 Å². The van der Waals surface area contributed by atoms with Crippen molar-refractivity contribution in [2.75, 3.05) is 19.6 Å². The second kappa shape index (κ2) is 4.65. The molecule has 1 aromatic rings. The van der Waals surface area contributed by atoms with Crippen molar-refractivity contribution < 1.29 is 9.18 Å². The van der Waals surface area contributed by atoms with Crippen molar-refractivity contribution in [3.05, 3.63) is 29.8 Å². The molecule has 0 spiro atoms. The third-order valence-electron chi connectivity index (χ3n) is 3.89. The molecule has 2 atom stereocenters. The lowest BCUT2D eigenvalue weighted by Crippen LogP contribution is -2.46. The van der Waals surface area contributed by atoms with Crippen molar-refractivity contribution in [2.45, 2.75) is 18.9 Å². The molecule has 1 amide bonds. The van der Waals surface area contributed by atoms with E-state index in [0.29, 0.717) is 17.5 Å². The molecule has 18 heavy (non-hydrogen) atoms. The number of hydrogen-bond acceptors (Lipinski definition) is 3. The summed E-state index contributed by atoms with van der Waals surface area (Å²) in [7, 11) is 0. The van der Waals surface area contributed by atoms with Crippen molar-refractivity contribution in [3.63, 3.8) is 0 Å². The second-order valence-electron chi connectivity index (χ2n) is 5.04. The van der Waals surface area contributed by atoms with Crippen LogP contribution in [0.1, 0.15) is 23.2 Å². The van der Waals surface area contributed by atoms with E-state index in [2.05, 4.69) is 10.3 Å². The van der Waals surface area contributed by atoms with Gasteiger partial charge in [0.1, 0.15) is 5.82 Å². The maximum absolute atomic E-state index is 13.1. The summed E-state index contributed by atoms with van der Waals surface area (Å²) in [5.74, 6) is -0.0187. The van der Waals surface area contributed by atoms with E-state index >= 15 is 0 Å². The SMILES string of the molecule is O=C(c1cncc(F)c1)N1CCC2NCCC2C1. The van der Waals surface area contributed by atoms with Crippen LogP contribution < -0.4 is 5.32 Å². The van der Waals surface area contributed by atoms with Crippen LogP contribution in [-0.4, -0.2) is 41.5 Å². The molecule has 1 aromatic heterocycles. The van der Waals surface area contributed by atoms with Gasteiger partial charge in [-0.2, -0.15) is 0 Å². The Morgan fingerprint density at radius 3 is 3.17 bits per heavy atom. The molecule has 0 radical (unpaired) electrons. The molecule has 2 saturated heterocycles. The average Bonchev–Trinajstić information content (AvgIpc) is 2.85. The number of carbonyl (C=O) groups excluding carboxylic acids is 1.